The van der Waals surface area contributed by atoms with Crippen molar-refractivity contribution < 1.29 is 9.59 Å². The highest BCUT2D eigenvalue weighted by Crippen LogP contribution is 2.26. The third kappa shape index (κ3) is 4.86. The smallest absolute Gasteiger partial charge is 0.261 e. The Labute approximate surface area is 187 Å². The van der Waals surface area contributed by atoms with Gasteiger partial charge in [-0.05, 0) is 47.2 Å². The molecule has 0 fully saturated rings. The molecule has 3 aromatic rings. The fourth-order valence-corrected chi connectivity index (χ4v) is 3.57. The first-order chi connectivity index (χ1) is 15.3. The van der Waals surface area contributed by atoms with Gasteiger partial charge in [-0.1, -0.05) is 39.8 Å². The van der Waals surface area contributed by atoms with Gasteiger partial charge >= 0.3 is 0 Å². The first-order valence-electron chi connectivity index (χ1n) is 10.6. The molecule has 32 heavy (non-hydrogen) atoms. The van der Waals surface area contributed by atoms with Crippen molar-refractivity contribution in [1.82, 2.24) is 25.3 Å². The summed E-state index contributed by atoms with van der Waals surface area (Å²) < 4.78 is 0. The molecule has 0 saturated heterocycles. The van der Waals surface area contributed by atoms with E-state index in [0.29, 0.717) is 23.6 Å². The molecule has 0 spiro atoms. The number of nitrogens with two attached hydrogens (primary N) is 1. The van der Waals surface area contributed by atoms with E-state index in [4.69, 9.17) is 5.73 Å². The molecular formula is C24H28N6O2. The maximum absolute atomic E-state index is 12.4. The highest BCUT2D eigenvalue weighted by Gasteiger charge is 2.35. The Kier molecular flexibility index (Phi) is 7.37. The van der Waals surface area contributed by atoms with Crippen LogP contribution in [0.1, 0.15) is 82.8 Å². The SMILES string of the molecule is CC(C)c1nnccc1CN.CC(C)c1nnccc1CN1C(=O)c2ccccc2C1=O. The van der Waals surface area contributed by atoms with Crippen LogP contribution >= 0.6 is 0 Å². The number of amides is 2. The van der Waals surface area contributed by atoms with Crippen LogP contribution in [-0.2, 0) is 13.1 Å². The molecule has 0 saturated carbocycles. The molecule has 0 bridgehead atoms. The maximum Gasteiger partial charge on any atom is 0.261 e. The van der Waals surface area contributed by atoms with Crippen LogP contribution in [0, 0.1) is 0 Å². The Bertz CT molecular complexity index is 1080. The second kappa shape index (κ2) is 10.2. The first kappa shape index (κ1) is 23.1. The Morgan fingerprint density at radius 2 is 1.25 bits per heavy atom. The minimum absolute atomic E-state index is 0.184. The third-order valence-corrected chi connectivity index (χ3v) is 5.19. The number of rotatable bonds is 5. The lowest BCUT2D eigenvalue weighted by molar-refractivity contribution is 0.0641. The van der Waals surface area contributed by atoms with Gasteiger partial charge in [-0.15, -0.1) is 0 Å². The lowest BCUT2D eigenvalue weighted by Gasteiger charge is -2.17. The van der Waals surface area contributed by atoms with Crippen LogP contribution < -0.4 is 5.73 Å². The Morgan fingerprint density at radius 1 is 0.781 bits per heavy atom. The number of aromatic nitrogens is 4. The van der Waals surface area contributed by atoms with Crippen molar-refractivity contribution >= 4 is 11.8 Å². The van der Waals surface area contributed by atoms with Crippen molar-refractivity contribution in [3.8, 4) is 0 Å². The largest absolute Gasteiger partial charge is 0.326 e. The quantitative estimate of drug-likeness (QED) is 0.614. The standard InChI is InChI=1S/C16H15N3O2.C8H13N3/c1-10(2)14-11(7-8-17-18-14)9-19-15(20)12-5-3-4-6-13(12)16(19)21;1-6(2)8-7(5-9)3-4-10-11-8/h3-8,10H,9H2,1-2H3;3-4,6H,5,9H2,1-2H3. The van der Waals surface area contributed by atoms with Crippen molar-refractivity contribution in [2.24, 2.45) is 5.73 Å². The fourth-order valence-electron chi connectivity index (χ4n) is 3.57. The number of nitrogens with zero attached hydrogens (tertiary/aromatic N) is 5. The Balaban J connectivity index is 0.000000222. The summed E-state index contributed by atoms with van der Waals surface area (Å²) in [5.41, 5.74) is 10.2. The summed E-state index contributed by atoms with van der Waals surface area (Å²) >= 11 is 0. The van der Waals surface area contributed by atoms with E-state index in [2.05, 4.69) is 34.2 Å². The molecule has 2 N–H and O–H groups in total. The molecule has 0 radical (unpaired) electrons. The zero-order valence-corrected chi connectivity index (χ0v) is 18.8. The van der Waals surface area contributed by atoms with Gasteiger partial charge in [0.1, 0.15) is 0 Å². The topological polar surface area (TPSA) is 115 Å². The summed E-state index contributed by atoms with van der Waals surface area (Å²) in [6.07, 6.45) is 3.26. The Hall–Kier alpha value is -3.52. The average molecular weight is 433 g/mol. The summed E-state index contributed by atoms with van der Waals surface area (Å²) in [6, 6.07) is 10.6. The molecule has 166 valence electrons. The summed E-state index contributed by atoms with van der Waals surface area (Å²) in [5, 5.41) is 15.8. The summed E-state index contributed by atoms with van der Waals surface area (Å²) in [7, 11) is 0. The van der Waals surface area contributed by atoms with Gasteiger partial charge in [0.25, 0.3) is 11.8 Å². The predicted octanol–water partition coefficient (Wildman–Crippen LogP) is 3.45. The zero-order valence-electron chi connectivity index (χ0n) is 18.8. The highest BCUT2D eigenvalue weighted by atomic mass is 16.2. The molecule has 1 aliphatic heterocycles. The minimum Gasteiger partial charge on any atom is -0.326 e. The van der Waals surface area contributed by atoms with Gasteiger partial charge in [-0.3, -0.25) is 14.5 Å². The van der Waals surface area contributed by atoms with E-state index in [1.165, 1.54) is 4.90 Å². The molecule has 0 unspecified atom stereocenters. The van der Waals surface area contributed by atoms with Crippen molar-refractivity contribution in [1.29, 1.82) is 0 Å². The molecular weight excluding hydrogens is 404 g/mol. The van der Waals surface area contributed by atoms with Gasteiger partial charge in [-0.25, -0.2) is 0 Å². The van der Waals surface area contributed by atoms with Crippen LogP contribution in [0.5, 0.6) is 0 Å². The number of carbonyl (C=O) groups excluding carboxylic acids is 2. The third-order valence-electron chi connectivity index (χ3n) is 5.19. The van der Waals surface area contributed by atoms with Gasteiger partial charge in [0.05, 0.1) is 29.1 Å². The van der Waals surface area contributed by atoms with Crippen LogP contribution in [0.2, 0.25) is 0 Å². The molecule has 3 heterocycles. The number of carbonyl (C=O) groups is 2. The first-order valence-corrected chi connectivity index (χ1v) is 10.6. The van der Waals surface area contributed by atoms with Gasteiger partial charge in [-0.2, -0.15) is 20.4 Å². The van der Waals surface area contributed by atoms with Gasteiger partial charge in [0, 0.05) is 18.9 Å². The molecule has 1 aliphatic rings. The van der Waals surface area contributed by atoms with Crippen LogP contribution in [-0.4, -0.2) is 37.1 Å². The fraction of sp³-hybridized carbons (Fsp3) is 0.333. The van der Waals surface area contributed by atoms with Crippen molar-refractivity contribution in [3.63, 3.8) is 0 Å². The lowest BCUT2D eigenvalue weighted by Crippen LogP contribution is -2.29. The van der Waals surface area contributed by atoms with Crippen LogP contribution in [0.15, 0.2) is 48.8 Å². The van der Waals surface area contributed by atoms with Gasteiger partial charge < -0.3 is 5.73 Å². The van der Waals surface area contributed by atoms with Crippen LogP contribution in [0.4, 0.5) is 0 Å². The Morgan fingerprint density at radius 3 is 1.69 bits per heavy atom. The van der Waals surface area contributed by atoms with Crippen LogP contribution in [0.3, 0.4) is 0 Å². The normalized spacial score (nSPS) is 12.8. The monoisotopic (exact) mass is 432 g/mol. The minimum atomic E-state index is -0.248. The number of fused-ring (bicyclic) bond motifs is 1. The molecule has 2 amide bonds. The van der Waals surface area contributed by atoms with Crippen molar-refractivity contribution in [2.75, 3.05) is 0 Å². The molecule has 0 atom stereocenters. The van der Waals surface area contributed by atoms with E-state index in [1.807, 2.05) is 26.0 Å². The molecule has 8 heteroatoms. The zero-order chi connectivity index (χ0) is 23.3. The van der Waals surface area contributed by atoms with Gasteiger partial charge in [0.15, 0.2) is 0 Å². The number of hydrogen-bond acceptors (Lipinski definition) is 7. The van der Waals surface area contributed by atoms with Crippen molar-refractivity contribution in [2.45, 2.75) is 52.6 Å². The van der Waals surface area contributed by atoms with E-state index in [9.17, 15) is 9.59 Å². The number of hydrogen-bond donors (Lipinski definition) is 1. The molecule has 2 aromatic heterocycles. The van der Waals surface area contributed by atoms with E-state index < -0.39 is 0 Å². The van der Waals surface area contributed by atoms with E-state index in [-0.39, 0.29) is 24.3 Å². The molecule has 0 aliphatic carbocycles. The average Bonchev–Trinajstić information content (AvgIpc) is 3.04. The molecule has 1 aromatic carbocycles. The highest BCUT2D eigenvalue weighted by molar-refractivity contribution is 6.21. The lowest BCUT2D eigenvalue weighted by atomic mass is 10.0. The molecule has 4 rings (SSSR count). The summed E-state index contributed by atoms with van der Waals surface area (Å²) in [6.45, 7) is 8.97. The van der Waals surface area contributed by atoms with Crippen molar-refractivity contribution in [3.05, 3.63) is 82.4 Å². The number of imide groups is 1. The second-order valence-electron chi connectivity index (χ2n) is 8.14. The van der Waals surface area contributed by atoms with E-state index >= 15 is 0 Å². The second-order valence-corrected chi connectivity index (χ2v) is 8.14. The van der Waals surface area contributed by atoms with Gasteiger partial charge in [0.2, 0.25) is 0 Å². The predicted molar refractivity (Wildman–Crippen MR) is 121 cm³/mol. The van der Waals surface area contributed by atoms with E-state index in [1.54, 1.807) is 36.7 Å². The molecule has 8 nitrogen and oxygen atoms in total. The number of benzene rings is 1. The summed E-state index contributed by atoms with van der Waals surface area (Å²) in [4.78, 5) is 26.0. The van der Waals surface area contributed by atoms with Crippen LogP contribution in [0.25, 0.3) is 0 Å². The summed E-state index contributed by atoms with van der Waals surface area (Å²) in [5.74, 6) is 0.0929. The maximum atomic E-state index is 12.4. The van der Waals surface area contributed by atoms with E-state index in [0.717, 1.165) is 22.5 Å².